The molecule has 1 aliphatic rings. The smallest absolute Gasteiger partial charge is 0.403 e. The summed E-state index contributed by atoms with van der Waals surface area (Å²) in [7, 11) is 0. The van der Waals surface area contributed by atoms with E-state index < -0.39 is 35.5 Å². The molecule has 0 saturated carbocycles. The highest BCUT2D eigenvalue weighted by atomic mass is 19.4. The Hall–Kier alpha value is -2.44. The van der Waals surface area contributed by atoms with Crippen molar-refractivity contribution in [2.75, 3.05) is 0 Å². The van der Waals surface area contributed by atoms with Crippen molar-refractivity contribution >= 4 is 0 Å². The maximum Gasteiger partial charge on any atom is 0.573 e. The molecule has 1 nitrogen and oxygen atoms in total. The van der Waals surface area contributed by atoms with Gasteiger partial charge in [0.15, 0.2) is 11.6 Å². The van der Waals surface area contributed by atoms with E-state index in [2.05, 4.69) is 4.74 Å². The minimum Gasteiger partial charge on any atom is -0.403 e. The summed E-state index contributed by atoms with van der Waals surface area (Å²) in [4.78, 5) is 0. The summed E-state index contributed by atoms with van der Waals surface area (Å²) in [6.45, 7) is 1.87. The maximum atomic E-state index is 14.6. The Labute approximate surface area is 165 Å². The van der Waals surface area contributed by atoms with Crippen molar-refractivity contribution in [3.63, 3.8) is 0 Å². The molecule has 1 unspecified atom stereocenters. The molecule has 0 saturated heterocycles. The van der Waals surface area contributed by atoms with Crippen LogP contribution in [0.4, 0.5) is 26.3 Å². The van der Waals surface area contributed by atoms with Gasteiger partial charge in [-0.3, -0.25) is 0 Å². The molecule has 7 heteroatoms. The summed E-state index contributed by atoms with van der Waals surface area (Å²) in [6.07, 6.45) is 0.412. The van der Waals surface area contributed by atoms with E-state index in [1.807, 2.05) is 19.1 Å². The third-order valence-electron chi connectivity index (χ3n) is 5.12. The lowest BCUT2D eigenvalue weighted by Gasteiger charge is -2.27. The molecule has 2 aromatic carbocycles. The summed E-state index contributed by atoms with van der Waals surface area (Å²) in [5.41, 5.74) is 1.04. The molecular weight excluding hydrogens is 394 g/mol. The van der Waals surface area contributed by atoms with Gasteiger partial charge >= 0.3 is 6.36 Å². The first kappa shape index (κ1) is 21.3. The maximum absolute atomic E-state index is 14.6. The third kappa shape index (κ3) is 4.95. The lowest BCUT2D eigenvalue weighted by molar-refractivity contribution is -0.275. The Morgan fingerprint density at radius 1 is 1.10 bits per heavy atom. The predicted octanol–water partition coefficient (Wildman–Crippen LogP) is 6.78. The van der Waals surface area contributed by atoms with Gasteiger partial charge < -0.3 is 4.74 Å². The zero-order valence-electron chi connectivity index (χ0n) is 15.8. The van der Waals surface area contributed by atoms with Crippen LogP contribution in [0.5, 0.6) is 5.75 Å². The van der Waals surface area contributed by atoms with Crippen molar-refractivity contribution in [2.45, 2.75) is 51.3 Å². The second-order valence-electron chi connectivity index (χ2n) is 7.08. The summed E-state index contributed by atoms with van der Waals surface area (Å²) in [5, 5.41) is 0. The average molecular weight is 414 g/mol. The second kappa shape index (κ2) is 8.51. The van der Waals surface area contributed by atoms with Crippen molar-refractivity contribution in [3.05, 3.63) is 76.1 Å². The highest BCUT2D eigenvalue weighted by Gasteiger charge is 2.34. The van der Waals surface area contributed by atoms with E-state index in [0.29, 0.717) is 24.0 Å². The second-order valence-corrected chi connectivity index (χ2v) is 7.08. The van der Waals surface area contributed by atoms with Crippen LogP contribution in [0.1, 0.15) is 47.9 Å². The predicted molar refractivity (Wildman–Crippen MR) is 97.3 cm³/mol. The fourth-order valence-corrected chi connectivity index (χ4v) is 3.83. The van der Waals surface area contributed by atoms with Crippen LogP contribution in [0.3, 0.4) is 0 Å². The van der Waals surface area contributed by atoms with Crippen LogP contribution < -0.4 is 4.74 Å². The summed E-state index contributed by atoms with van der Waals surface area (Å²) < 4.78 is 84.5. The van der Waals surface area contributed by atoms with Crippen LogP contribution in [0.25, 0.3) is 0 Å². The van der Waals surface area contributed by atoms with Crippen LogP contribution in [-0.4, -0.2) is 6.36 Å². The zero-order valence-corrected chi connectivity index (χ0v) is 15.8. The minimum atomic E-state index is -4.99. The Kier molecular flexibility index (Phi) is 6.24. The van der Waals surface area contributed by atoms with Crippen LogP contribution in [0, 0.1) is 17.5 Å². The van der Waals surface area contributed by atoms with Crippen molar-refractivity contribution in [3.8, 4) is 5.75 Å². The molecule has 0 spiro atoms. The molecular formula is C22H20F6O. The van der Waals surface area contributed by atoms with Gasteiger partial charge in [0, 0.05) is 5.56 Å². The SMILES string of the molecule is C/C=C/CCc1cc(F)c(C2CCc3c(ccc(OC(F)(F)F)c3F)C2)c(F)c1. The number of alkyl halides is 3. The van der Waals surface area contributed by atoms with E-state index >= 15 is 0 Å². The van der Waals surface area contributed by atoms with Gasteiger partial charge in [0.25, 0.3) is 0 Å². The lowest BCUT2D eigenvalue weighted by Crippen LogP contribution is -2.20. The van der Waals surface area contributed by atoms with E-state index in [9.17, 15) is 26.3 Å². The molecule has 29 heavy (non-hydrogen) atoms. The molecule has 2 aromatic rings. The summed E-state index contributed by atoms with van der Waals surface area (Å²) >= 11 is 0. The molecule has 1 atom stereocenters. The van der Waals surface area contributed by atoms with Crippen molar-refractivity contribution < 1.29 is 31.1 Å². The summed E-state index contributed by atoms with van der Waals surface area (Å²) in [6, 6.07) is 4.87. The average Bonchev–Trinajstić information content (AvgIpc) is 2.63. The largest absolute Gasteiger partial charge is 0.573 e. The Bertz CT molecular complexity index is 893. The topological polar surface area (TPSA) is 9.23 Å². The molecule has 0 fully saturated rings. The monoisotopic (exact) mass is 414 g/mol. The lowest BCUT2D eigenvalue weighted by atomic mass is 9.79. The normalized spacial score (nSPS) is 16.9. The Balaban J connectivity index is 1.83. The third-order valence-corrected chi connectivity index (χ3v) is 5.12. The van der Waals surface area contributed by atoms with Gasteiger partial charge in [0.1, 0.15) is 11.6 Å². The molecule has 0 heterocycles. The number of rotatable bonds is 5. The number of aryl methyl sites for hydroxylation is 1. The van der Waals surface area contributed by atoms with Gasteiger partial charge in [-0.1, -0.05) is 18.2 Å². The molecule has 156 valence electrons. The molecule has 1 aliphatic carbocycles. The molecule has 0 radical (unpaired) electrons. The van der Waals surface area contributed by atoms with Gasteiger partial charge in [-0.05, 0) is 79.8 Å². The summed E-state index contributed by atoms with van der Waals surface area (Å²) in [5.74, 6) is -3.77. The molecule has 3 rings (SSSR count). The van der Waals surface area contributed by atoms with E-state index in [1.54, 1.807) is 0 Å². The fourth-order valence-electron chi connectivity index (χ4n) is 3.83. The van der Waals surface area contributed by atoms with Crippen LogP contribution in [0.15, 0.2) is 36.4 Å². The van der Waals surface area contributed by atoms with Crippen LogP contribution in [0.2, 0.25) is 0 Å². The fraction of sp³-hybridized carbons (Fsp3) is 0.364. The quantitative estimate of drug-likeness (QED) is 0.387. The number of halogens is 6. The Morgan fingerprint density at radius 3 is 2.41 bits per heavy atom. The Morgan fingerprint density at radius 2 is 1.79 bits per heavy atom. The number of benzene rings is 2. The molecule has 0 N–H and O–H groups in total. The first-order valence-electron chi connectivity index (χ1n) is 9.34. The standard InChI is InChI=1S/C22H20F6O/c1-2-3-4-5-13-10-17(23)20(18(24)11-13)15-6-8-16-14(12-15)7-9-19(21(16)25)29-22(26,27)28/h2-3,7,9-11,15H,4-6,8,12H2,1H3/b3-2+. The van der Waals surface area contributed by atoms with Gasteiger partial charge in [-0.25, -0.2) is 13.2 Å². The van der Waals surface area contributed by atoms with Crippen molar-refractivity contribution in [1.82, 2.24) is 0 Å². The molecule has 0 aromatic heterocycles. The molecule has 0 aliphatic heterocycles. The number of ether oxygens (including phenoxy) is 1. The zero-order chi connectivity index (χ0) is 21.2. The van der Waals surface area contributed by atoms with E-state index in [0.717, 1.165) is 6.07 Å². The first-order valence-corrected chi connectivity index (χ1v) is 9.34. The van der Waals surface area contributed by atoms with E-state index in [-0.39, 0.29) is 30.4 Å². The number of allylic oxidation sites excluding steroid dienone is 2. The van der Waals surface area contributed by atoms with Crippen LogP contribution in [-0.2, 0) is 19.3 Å². The first-order chi connectivity index (χ1) is 13.7. The van der Waals surface area contributed by atoms with E-state index in [4.69, 9.17) is 0 Å². The highest BCUT2D eigenvalue weighted by Crippen LogP contribution is 2.39. The number of hydrogen-bond acceptors (Lipinski definition) is 1. The number of hydrogen-bond donors (Lipinski definition) is 0. The van der Waals surface area contributed by atoms with E-state index in [1.165, 1.54) is 18.2 Å². The minimum absolute atomic E-state index is 0.0542. The van der Waals surface area contributed by atoms with Crippen molar-refractivity contribution in [2.24, 2.45) is 0 Å². The molecule has 0 amide bonds. The van der Waals surface area contributed by atoms with Gasteiger partial charge in [-0.2, -0.15) is 0 Å². The van der Waals surface area contributed by atoms with Gasteiger partial charge in [0.2, 0.25) is 0 Å². The highest BCUT2D eigenvalue weighted by molar-refractivity contribution is 5.42. The van der Waals surface area contributed by atoms with Gasteiger partial charge in [-0.15, -0.1) is 13.2 Å². The number of fused-ring (bicyclic) bond motifs is 1. The van der Waals surface area contributed by atoms with Gasteiger partial charge in [0.05, 0.1) is 0 Å². The molecule has 0 bridgehead atoms. The van der Waals surface area contributed by atoms with Crippen LogP contribution >= 0.6 is 0 Å². The van der Waals surface area contributed by atoms with Crippen molar-refractivity contribution in [1.29, 1.82) is 0 Å².